The van der Waals surface area contributed by atoms with Gasteiger partial charge in [0.15, 0.2) is 0 Å². The zero-order valence-electron chi connectivity index (χ0n) is 9.56. The Bertz CT molecular complexity index is 543. The first-order valence-corrected chi connectivity index (χ1v) is 5.07. The van der Waals surface area contributed by atoms with E-state index >= 15 is 0 Å². The summed E-state index contributed by atoms with van der Waals surface area (Å²) in [4.78, 5) is 12.2. The van der Waals surface area contributed by atoms with Crippen LogP contribution in [0.3, 0.4) is 0 Å². The number of benzene rings is 1. The highest BCUT2D eigenvalue weighted by Gasteiger charge is 2.16. The first kappa shape index (κ1) is 10.5. The van der Waals surface area contributed by atoms with Gasteiger partial charge in [0.1, 0.15) is 5.69 Å². The monoisotopic (exact) mass is 215 g/mol. The van der Waals surface area contributed by atoms with Gasteiger partial charge in [-0.25, -0.2) is 4.68 Å². The van der Waals surface area contributed by atoms with E-state index in [1.165, 1.54) is 10.9 Å². The fourth-order valence-electron chi connectivity index (χ4n) is 1.63. The lowest BCUT2D eigenvalue weighted by atomic mass is 9.99. The van der Waals surface area contributed by atoms with Crippen molar-refractivity contribution >= 4 is 5.78 Å². The molecule has 4 nitrogen and oxygen atoms in total. The molecule has 0 fully saturated rings. The van der Waals surface area contributed by atoms with Crippen LogP contribution in [0.15, 0.2) is 24.4 Å². The average molecular weight is 215 g/mol. The van der Waals surface area contributed by atoms with Crippen molar-refractivity contribution < 1.29 is 4.79 Å². The molecular formula is C12H13N3O. The van der Waals surface area contributed by atoms with Gasteiger partial charge in [0.05, 0.1) is 6.20 Å². The molecule has 4 heteroatoms. The predicted octanol–water partition coefficient (Wildman–Crippen LogP) is 1.66. The van der Waals surface area contributed by atoms with E-state index in [1.54, 1.807) is 7.05 Å². The zero-order valence-corrected chi connectivity index (χ0v) is 9.56. The van der Waals surface area contributed by atoms with Crippen LogP contribution in [-0.2, 0) is 7.05 Å². The van der Waals surface area contributed by atoms with Gasteiger partial charge in [0.25, 0.3) is 0 Å². The first-order chi connectivity index (χ1) is 7.61. The Morgan fingerprint density at radius 3 is 2.69 bits per heavy atom. The third kappa shape index (κ3) is 1.62. The topological polar surface area (TPSA) is 47.8 Å². The molecule has 0 spiro atoms. The largest absolute Gasteiger partial charge is 0.287 e. The van der Waals surface area contributed by atoms with Gasteiger partial charge in [-0.15, -0.1) is 5.10 Å². The molecule has 1 aromatic carbocycles. The zero-order chi connectivity index (χ0) is 11.7. The van der Waals surface area contributed by atoms with E-state index in [4.69, 9.17) is 0 Å². The Labute approximate surface area is 93.9 Å². The molecule has 0 unspecified atom stereocenters. The molecule has 2 rings (SSSR count). The number of nitrogens with zero attached hydrogens (tertiary/aromatic N) is 3. The SMILES string of the molecule is Cc1cccc(C(=O)c2cnnn2C)c1C. The molecule has 0 aliphatic rings. The van der Waals surface area contributed by atoms with Gasteiger partial charge in [-0.3, -0.25) is 4.79 Å². The molecule has 16 heavy (non-hydrogen) atoms. The maximum Gasteiger partial charge on any atom is 0.212 e. The number of hydrogen-bond acceptors (Lipinski definition) is 3. The van der Waals surface area contributed by atoms with E-state index in [0.717, 1.165) is 11.1 Å². The molecule has 0 radical (unpaired) electrons. The summed E-state index contributed by atoms with van der Waals surface area (Å²) in [6.45, 7) is 3.94. The number of carbonyl (C=O) groups is 1. The Balaban J connectivity index is 2.50. The van der Waals surface area contributed by atoms with E-state index in [9.17, 15) is 4.79 Å². The molecule has 0 saturated heterocycles. The Hall–Kier alpha value is -1.97. The third-order valence-electron chi connectivity index (χ3n) is 2.80. The summed E-state index contributed by atoms with van der Waals surface area (Å²) in [5.74, 6) is -0.0336. The maximum atomic E-state index is 12.2. The Morgan fingerprint density at radius 2 is 2.06 bits per heavy atom. The standard InChI is InChI=1S/C12H13N3O/c1-8-5-4-6-10(9(8)2)12(16)11-7-13-14-15(11)3/h4-7H,1-3H3. The molecule has 0 amide bonds. The minimum Gasteiger partial charge on any atom is -0.287 e. The van der Waals surface area contributed by atoms with Crippen molar-refractivity contribution in [1.29, 1.82) is 0 Å². The van der Waals surface area contributed by atoms with Gasteiger partial charge in [0.2, 0.25) is 5.78 Å². The third-order valence-corrected chi connectivity index (χ3v) is 2.80. The normalized spacial score (nSPS) is 10.4. The lowest BCUT2D eigenvalue weighted by molar-refractivity contribution is 0.102. The van der Waals surface area contributed by atoms with Crippen molar-refractivity contribution in [1.82, 2.24) is 15.0 Å². The van der Waals surface area contributed by atoms with Gasteiger partial charge in [-0.1, -0.05) is 23.4 Å². The van der Waals surface area contributed by atoms with Gasteiger partial charge in [-0.05, 0) is 25.0 Å². The number of aromatic nitrogens is 3. The summed E-state index contributed by atoms with van der Waals surface area (Å²) in [5, 5.41) is 7.47. The molecule has 0 bridgehead atoms. The number of hydrogen-bond donors (Lipinski definition) is 0. The second kappa shape index (κ2) is 3.89. The van der Waals surface area contributed by atoms with Crippen molar-refractivity contribution in [2.24, 2.45) is 7.05 Å². The Morgan fingerprint density at radius 1 is 1.31 bits per heavy atom. The molecule has 1 heterocycles. The van der Waals surface area contributed by atoms with Crippen LogP contribution in [0.1, 0.15) is 27.2 Å². The average Bonchev–Trinajstić information content (AvgIpc) is 2.68. The molecule has 0 atom stereocenters. The van der Waals surface area contributed by atoms with Crippen molar-refractivity contribution in [3.05, 3.63) is 46.8 Å². The highest BCUT2D eigenvalue weighted by molar-refractivity contribution is 6.08. The van der Waals surface area contributed by atoms with Gasteiger partial charge in [0, 0.05) is 12.6 Å². The van der Waals surface area contributed by atoms with Gasteiger partial charge in [-0.2, -0.15) is 0 Å². The molecule has 2 aromatic rings. The lowest BCUT2D eigenvalue weighted by Gasteiger charge is -2.06. The van der Waals surface area contributed by atoms with Crippen LogP contribution in [0.25, 0.3) is 0 Å². The highest BCUT2D eigenvalue weighted by atomic mass is 16.1. The van der Waals surface area contributed by atoms with E-state index in [0.29, 0.717) is 11.3 Å². The summed E-state index contributed by atoms with van der Waals surface area (Å²) in [7, 11) is 1.71. The molecule has 82 valence electrons. The summed E-state index contributed by atoms with van der Waals surface area (Å²) >= 11 is 0. The molecule has 1 aromatic heterocycles. The van der Waals surface area contributed by atoms with Crippen LogP contribution >= 0.6 is 0 Å². The van der Waals surface area contributed by atoms with Crippen LogP contribution in [0.5, 0.6) is 0 Å². The summed E-state index contributed by atoms with van der Waals surface area (Å²) in [6.07, 6.45) is 1.49. The van der Waals surface area contributed by atoms with Crippen molar-refractivity contribution in [2.45, 2.75) is 13.8 Å². The second-order valence-corrected chi connectivity index (χ2v) is 3.82. The minimum atomic E-state index is -0.0336. The number of carbonyl (C=O) groups excluding carboxylic acids is 1. The summed E-state index contributed by atoms with van der Waals surface area (Å²) in [5.41, 5.74) is 3.34. The summed E-state index contributed by atoms with van der Waals surface area (Å²) in [6, 6.07) is 5.71. The van der Waals surface area contributed by atoms with E-state index in [-0.39, 0.29) is 5.78 Å². The van der Waals surface area contributed by atoms with Gasteiger partial charge < -0.3 is 0 Å². The molecule has 0 aliphatic carbocycles. The van der Waals surface area contributed by atoms with Crippen LogP contribution in [0.2, 0.25) is 0 Å². The van der Waals surface area contributed by atoms with Crippen LogP contribution in [0, 0.1) is 13.8 Å². The molecule has 0 aliphatic heterocycles. The van der Waals surface area contributed by atoms with Crippen molar-refractivity contribution in [2.75, 3.05) is 0 Å². The van der Waals surface area contributed by atoms with Crippen molar-refractivity contribution in [3.63, 3.8) is 0 Å². The molecule has 0 N–H and O–H groups in total. The van der Waals surface area contributed by atoms with E-state index < -0.39 is 0 Å². The number of ketones is 1. The number of aryl methyl sites for hydroxylation is 2. The van der Waals surface area contributed by atoms with Crippen LogP contribution in [-0.4, -0.2) is 20.8 Å². The maximum absolute atomic E-state index is 12.2. The van der Waals surface area contributed by atoms with E-state index in [2.05, 4.69) is 10.3 Å². The molecule has 0 saturated carbocycles. The highest BCUT2D eigenvalue weighted by Crippen LogP contribution is 2.16. The second-order valence-electron chi connectivity index (χ2n) is 3.82. The Kier molecular flexibility index (Phi) is 2.56. The first-order valence-electron chi connectivity index (χ1n) is 5.07. The van der Waals surface area contributed by atoms with Gasteiger partial charge >= 0.3 is 0 Å². The molecular weight excluding hydrogens is 202 g/mol. The fraction of sp³-hybridized carbons (Fsp3) is 0.250. The lowest BCUT2D eigenvalue weighted by Crippen LogP contribution is -2.10. The van der Waals surface area contributed by atoms with Crippen molar-refractivity contribution in [3.8, 4) is 0 Å². The van der Waals surface area contributed by atoms with E-state index in [1.807, 2.05) is 32.0 Å². The fourth-order valence-corrected chi connectivity index (χ4v) is 1.63. The quantitative estimate of drug-likeness (QED) is 0.716. The number of rotatable bonds is 2. The smallest absolute Gasteiger partial charge is 0.212 e. The van der Waals surface area contributed by atoms with Crippen LogP contribution < -0.4 is 0 Å². The summed E-state index contributed by atoms with van der Waals surface area (Å²) < 4.78 is 1.49. The minimum absolute atomic E-state index is 0.0336. The van der Waals surface area contributed by atoms with Crippen LogP contribution in [0.4, 0.5) is 0 Å². The predicted molar refractivity (Wildman–Crippen MR) is 60.4 cm³/mol.